The van der Waals surface area contributed by atoms with Crippen molar-refractivity contribution in [2.45, 2.75) is 0 Å². The van der Waals surface area contributed by atoms with Crippen molar-refractivity contribution >= 4 is 33.9 Å². The molecule has 0 aliphatic rings. The zero-order chi connectivity index (χ0) is 18.5. The van der Waals surface area contributed by atoms with E-state index in [-0.39, 0.29) is 22.9 Å². The van der Waals surface area contributed by atoms with Crippen LogP contribution in [0.4, 0.5) is 25.7 Å². The monoisotopic (exact) mass is 374 g/mol. The van der Waals surface area contributed by atoms with Crippen LogP contribution >= 0.6 is 11.3 Å². The number of aromatic nitrogens is 1. The Labute approximate surface area is 152 Å². The Bertz CT molecular complexity index is 918. The number of carbonyl (C=O) groups is 1. The van der Waals surface area contributed by atoms with E-state index in [2.05, 4.69) is 15.6 Å². The second kappa shape index (κ2) is 7.70. The number of carbonyl (C=O) groups excluding carboxylic acids is 1. The first-order chi connectivity index (χ1) is 12.6. The molecule has 0 aliphatic carbocycles. The largest absolute Gasteiger partial charge is 0.493 e. The Morgan fingerprint density at radius 2 is 2.08 bits per heavy atom. The standard InChI is InChI=1S/C17H15FN4O3S/c1-24-14-4-2-3-11(18)15(14)25-13-6-5-10(19)9-12(13)21-16(23)22-17-20-7-8-26-17/h2-9H,19H2,1H3,(H2,20,21,22,23). The van der Waals surface area contributed by atoms with Gasteiger partial charge in [0.15, 0.2) is 22.4 Å². The molecule has 3 aromatic rings. The fraction of sp³-hybridized carbons (Fsp3) is 0.0588. The van der Waals surface area contributed by atoms with Crippen LogP contribution in [0.2, 0.25) is 0 Å². The van der Waals surface area contributed by atoms with Gasteiger partial charge in [0.05, 0.1) is 12.8 Å². The number of thiazole rings is 1. The number of methoxy groups -OCH3 is 1. The van der Waals surface area contributed by atoms with Gasteiger partial charge in [-0.1, -0.05) is 6.07 Å². The van der Waals surface area contributed by atoms with Gasteiger partial charge in [0, 0.05) is 17.3 Å². The predicted molar refractivity (Wildman–Crippen MR) is 98.6 cm³/mol. The van der Waals surface area contributed by atoms with Crippen molar-refractivity contribution in [2.24, 2.45) is 0 Å². The molecule has 26 heavy (non-hydrogen) atoms. The van der Waals surface area contributed by atoms with Crippen LogP contribution in [0.15, 0.2) is 48.0 Å². The summed E-state index contributed by atoms with van der Waals surface area (Å²) >= 11 is 1.27. The molecule has 0 unspecified atom stereocenters. The summed E-state index contributed by atoms with van der Waals surface area (Å²) in [6.07, 6.45) is 1.57. The van der Waals surface area contributed by atoms with Crippen molar-refractivity contribution in [1.82, 2.24) is 4.98 Å². The van der Waals surface area contributed by atoms with E-state index >= 15 is 0 Å². The highest BCUT2D eigenvalue weighted by atomic mass is 32.1. The highest BCUT2D eigenvalue weighted by Gasteiger charge is 2.16. The minimum absolute atomic E-state index is 0.0943. The SMILES string of the molecule is COc1cccc(F)c1Oc1ccc(N)cc1NC(=O)Nc1nccs1. The van der Waals surface area contributed by atoms with E-state index in [4.69, 9.17) is 15.2 Å². The van der Waals surface area contributed by atoms with Gasteiger partial charge < -0.3 is 20.5 Å². The number of urea groups is 1. The number of para-hydroxylation sites is 1. The van der Waals surface area contributed by atoms with E-state index in [1.807, 2.05) is 0 Å². The Morgan fingerprint density at radius 1 is 1.23 bits per heavy atom. The van der Waals surface area contributed by atoms with Crippen LogP contribution in [0.25, 0.3) is 0 Å². The van der Waals surface area contributed by atoms with Crippen LogP contribution in [0.1, 0.15) is 0 Å². The van der Waals surface area contributed by atoms with Crippen LogP contribution in [-0.2, 0) is 0 Å². The lowest BCUT2D eigenvalue weighted by Crippen LogP contribution is -2.19. The molecule has 0 spiro atoms. The summed E-state index contributed by atoms with van der Waals surface area (Å²) < 4.78 is 24.9. The first-order valence-corrected chi connectivity index (χ1v) is 8.32. The highest BCUT2D eigenvalue weighted by molar-refractivity contribution is 7.13. The molecule has 0 radical (unpaired) electrons. The van der Waals surface area contributed by atoms with Crippen molar-refractivity contribution in [1.29, 1.82) is 0 Å². The summed E-state index contributed by atoms with van der Waals surface area (Å²) in [5, 5.41) is 7.36. The van der Waals surface area contributed by atoms with Gasteiger partial charge in [-0.25, -0.2) is 14.2 Å². The number of nitrogens with one attached hydrogen (secondary N) is 2. The number of anilines is 3. The van der Waals surface area contributed by atoms with Gasteiger partial charge in [-0.15, -0.1) is 11.3 Å². The molecule has 1 aromatic heterocycles. The van der Waals surface area contributed by atoms with Crippen LogP contribution in [0.5, 0.6) is 17.2 Å². The molecule has 1 heterocycles. The third kappa shape index (κ3) is 4.01. The molecule has 2 amide bonds. The lowest BCUT2D eigenvalue weighted by molar-refractivity contribution is 0.262. The Balaban J connectivity index is 1.85. The minimum Gasteiger partial charge on any atom is -0.493 e. The lowest BCUT2D eigenvalue weighted by Gasteiger charge is -2.15. The topological polar surface area (TPSA) is 98.5 Å². The quantitative estimate of drug-likeness (QED) is 0.578. The lowest BCUT2D eigenvalue weighted by atomic mass is 10.2. The van der Waals surface area contributed by atoms with Crippen molar-refractivity contribution in [3.63, 3.8) is 0 Å². The first kappa shape index (κ1) is 17.5. The van der Waals surface area contributed by atoms with Crippen molar-refractivity contribution in [3.05, 3.63) is 53.8 Å². The number of nitrogen functional groups attached to an aromatic ring is 1. The van der Waals surface area contributed by atoms with Gasteiger partial charge in [-0.3, -0.25) is 5.32 Å². The summed E-state index contributed by atoms with van der Waals surface area (Å²) in [5.41, 5.74) is 6.46. The predicted octanol–water partition coefficient (Wildman–Crippen LogP) is 4.31. The summed E-state index contributed by atoms with van der Waals surface area (Å²) in [6.45, 7) is 0. The van der Waals surface area contributed by atoms with Gasteiger partial charge in [0.2, 0.25) is 5.75 Å². The molecular weight excluding hydrogens is 359 g/mol. The van der Waals surface area contributed by atoms with E-state index in [9.17, 15) is 9.18 Å². The second-order valence-corrected chi connectivity index (χ2v) is 5.94. The van der Waals surface area contributed by atoms with Crippen LogP contribution in [-0.4, -0.2) is 18.1 Å². The Morgan fingerprint density at radius 3 is 2.81 bits per heavy atom. The highest BCUT2D eigenvalue weighted by Crippen LogP contribution is 2.37. The van der Waals surface area contributed by atoms with Crippen LogP contribution < -0.4 is 25.8 Å². The molecule has 0 saturated heterocycles. The van der Waals surface area contributed by atoms with E-state index in [1.165, 1.54) is 42.7 Å². The normalized spacial score (nSPS) is 10.2. The van der Waals surface area contributed by atoms with Crippen molar-refractivity contribution in [3.8, 4) is 17.2 Å². The average Bonchev–Trinajstić information content (AvgIpc) is 3.11. The van der Waals surface area contributed by atoms with E-state index < -0.39 is 11.8 Å². The molecule has 134 valence electrons. The smallest absolute Gasteiger partial charge is 0.325 e. The summed E-state index contributed by atoms with van der Waals surface area (Å²) in [5.74, 6) is -0.264. The molecular formula is C17H15FN4O3S. The fourth-order valence-corrected chi connectivity index (χ4v) is 2.65. The Hall–Kier alpha value is -3.33. The Kier molecular flexibility index (Phi) is 5.18. The first-order valence-electron chi connectivity index (χ1n) is 7.44. The zero-order valence-corrected chi connectivity index (χ0v) is 14.5. The number of benzene rings is 2. The second-order valence-electron chi connectivity index (χ2n) is 5.05. The van der Waals surface area contributed by atoms with Crippen LogP contribution in [0, 0.1) is 5.82 Å². The van der Waals surface area contributed by atoms with Crippen LogP contribution in [0.3, 0.4) is 0 Å². The third-order valence-electron chi connectivity index (χ3n) is 3.27. The maximum Gasteiger partial charge on any atom is 0.325 e. The minimum atomic E-state index is -0.598. The van der Waals surface area contributed by atoms with E-state index in [0.29, 0.717) is 10.8 Å². The molecule has 0 atom stereocenters. The molecule has 9 heteroatoms. The molecule has 0 aliphatic heterocycles. The van der Waals surface area contributed by atoms with Gasteiger partial charge in [-0.05, 0) is 30.3 Å². The molecule has 0 saturated carbocycles. The number of nitrogens with zero attached hydrogens (tertiary/aromatic N) is 1. The number of hydrogen-bond acceptors (Lipinski definition) is 6. The number of nitrogens with two attached hydrogens (primary N) is 1. The van der Waals surface area contributed by atoms with E-state index in [1.54, 1.807) is 23.7 Å². The fourth-order valence-electron chi connectivity index (χ4n) is 2.13. The maximum absolute atomic E-state index is 14.1. The van der Waals surface area contributed by atoms with Gasteiger partial charge in [0.1, 0.15) is 0 Å². The summed E-state index contributed by atoms with van der Waals surface area (Å²) in [7, 11) is 1.41. The van der Waals surface area contributed by atoms with Gasteiger partial charge in [0.25, 0.3) is 0 Å². The van der Waals surface area contributed by atoms with Gasteiger partial charge >= 0.3 is 6.03 Å². The summed E-state index contributed by atoms with van der Waals surface area (Å²) in [6, 6.07) is 8.40. The molecule has 2 aromatic carbocycles. The molecule has 7 nitrogen and oxygen atoms in total. The zero-order valence-electron chi connectivity index (χ0n) is 13.7. The van der Waals surface area contributed by atoms with Gasteiger partial charge in [-0.2, -0.15) is 0 Å². The molecule has 0 fully saturated rings. The van der Waals surface area contributed by atoms with Crippen molar-refractivity contribution in [2.75, 3.05) is 23.5 Å². The number of hydrogen-bond donors (Lipinski definition) is 3. The maximum atomic E-state index is 14.1. The number of rotatable bonds is 5. The van der Waals surface area contributed by atoms with Crippen molar-refractivity contribution < 1.29 is 18.7 Å². The number of halogens is 1. The number of ether oxygens (including phenoxy) is 2. The number of amides is 2. The average molecular weight is 374 g/mol. The summed E-state index contributed by atoms with van der Waals surface area (Å²) in [4.78, 5) is 16.1. The molecule has 3 rings (SSSR count). The molecule has 0 bridgehead atoms. The van der Waals surface area contributed by atoms with E-state index in [0.717, 1.165) is 0 Å². The molecule has 4 N–H and O–H groups in total. The third-order valence-corrected chi connectivity index (χ3v) is 3.96.